The van der Waals surface area contributed by atoms with Gasteiger partial charge in [0.25, 0.3) is 0 Å². The number of thiazole rings is 1. The van der Waals surface area contributed by atoms with Crippen molar-refractivity contribution in [3.63, 3.8) is 0 Å². The summed E-state index contributed by atoms with van der Waals surface area (Å²) in [5.41, 5.74) is 6.94. The summed E-state index contributed by atoms with van der Waals surface area (Å²) in [4.78, 5) is 22.3. The van der Waals surface area contributed by atoms with Gasteiger partial charge in [0.05, 0.1) is 11.6 Å². The van der Waals surface area contributed by atoms with E-state index >= 15 is 0 Å². The van der Waals surface area contributed by atoms with Gasteiger partial charge in [-0.05, 0) is 65.6 Å². The molecule has 2 aromatic heterocycles. The number of pyridine rings is 1. The number of benzene rings is 2. The molecule has 0 fully saturated rings. The van der Waals surface area contributed by atoms with Gasteiger partial charge < -0.3 is 5.32 Å². The van der Waals surface area contributed by atoms with E-state index in [2.05, 4.69) is 71.0 Å². The summed E-state index contributed by atoms with van der Waals surface area (Å²) in [5.74, 6) is -0.0140. The highest BCUT2D eigenvalue weighted by Crippen LogP contribution is 2.50. The van der Waals surface area contributed by atoms with Gasteiger partial charge in [-0.2, -0.15) is 0 Å². The lowest BCUT2D eigenvalue weighted by Gasteiger charge is -2.35. The molecule has 5 heteroatoms. The van der Waals surface area contributed by atoms with Crippen molar-refractivity contribution in [1.82, 2.24) is 9.97 Å². The van der Waals surface area contributed by atoms with E-state index in [0.717, 1.165) is 43.4 Å². The van der Waals surface area contributed by atoms with E-state index < -0.39 is 0 Å². The van der Waals surface area contributed by atoms with Crippen molar-refractivity contribution in [3.8, 4) is 11.1 Å². The summed E-state index contributed by atoms with van der Waals surface area (Å²) in [6.45, 7) is 0. The van der Waals surface area contributed by atoms with Crippen LogP contribution >= 0.6 is 11.3 Å². The van der Waals surface area contributed by atoms with Gasteiger partial charge in [0.1, 0.15) is 0 Å². The quantitative estimate of drug-likeness (QED) is 0.330. The number of anilines is 1. The lowest BCUT2D eigenvalue weighted by molar-refractivity contribution is -0.121. The molecule has 1 amide bonds. The van der Waals surface area contributed by atoms with Crippen molar-refractivity contribution in [2.45, 2.75) is 37.5 Å². The fourth-order valence-electron chi connectivity index (χ4n) is 5.68. The van der Waals surface area contributed by atoms with Crippen molar-refractivity contribution >= 4 is 22.4 Å². The summed E-state index contributed by atoms with van der Waals surface area (Å²) in [5, 5.41) is 5.89. The Kier molecular flexibility index (Phi) is 5.78. The molecule has 35 heavy (non-hydrogen) atoms. The minimum absolute atomic E-state index is 0.0790. The summed E-state index contributed by atoms with van der Waals surface area (Å²) < 4.78 is 0. The molecule has 0 radical (unpaired) electrons. The number of nitrogens with zero attached hydrogens (tertiary/aromatic N) is 2. The number of fused-ring (bicyclic) bond motifs is 2. The molecule has 2 aliphatic rings. The van der Waals surface area contributed by atoms with Crippen molar-refractivity contribution in [2.75, 3.05) is 5.32 Å². The Morgan fingerprint density at radius 2 is 1.83 bits per heavy atom. The number of aromatic nitrogens is 2. The Labute approximate surface area is 209 Å². The average molecular weight is 478 g/mol. The van der Waals surface area contributed by atoms with Gasteiger partial charge in [-0.3, -0.25) is 9.78 Å². The topological polar surface area (TPSA) is 54.9 Å². The van der Waals surface area contributed by atoms with Gasteiger partial charge in [0, 0.05) is 29.6 Å². The highest BCUT2D eigenvalue weighted by molar-refractivity contribution is 7.13. The summed E-state index contributed by atoms with van der Waals surface area (Å²) in [7, 11) is 0. The van der Waals surface area contributed by atoms with Crippen LogP contribution in [-0.2, 0) is 23.1 Å². The molecule has 174 valence electrons. The zero-order chi connectivity index (χ0) is 23.7. The summed E-state index contributed by atoms with van der Waals surface area (Å²) in [6.07, 6.45) is 12.9. The maximum absolute atomic E-state index is 13.5. The normalized spacial score (nSPS) is 20.6. The van der Waals surface area contributed by atoms with Crippen LogP contribution in [0, 0.1) is 5.92 Å². The SMILES string of the molecule is O=C(Nc1nc(Cc2ccc(-c3ccncc3)cc2)cs1)C1Cc2ccccc2C12C=CCCC2. The highest BCUT2D eigenvalue weighted by Gasteiger charge is 2.48. The van der Waals surface area contributed by atoms with Gasteiger partial charge in [-0.25, -0.2) is 4.98 Å². The third-order valence-electron chi connectivity index (χ3n) is 7.39. The number of hydrogen-bond acceptors (Lipinski definition) is 4. The van der Waals surface area contributed by atoms with Crippen LogP contribution in [-0.4, -0.2) is 15.9 Å². The Balaban J connectivity index is 1.16. The Bertz CT molecular complexity index is 1380. The second kappa shape index (κ2) is 9.23. The number of carbonyl (C=O) groups excluding carboxylic acids is 1. The zero-order valence-electron chi connectivity index (χ0n) is 19.5. The predicted molar refractivity (Wildman–Crippen MR) is 142 cm³/mol. The highest BCUT2D eigenvalue weighted by atomic mass is 32.1. The van der Waals surface area contributed by atoms with E-state index in [4.69, 9.17) is 4.98 Å². The van der Waals surface area contributed by atoms with Crippen LogP contribution in [0.2, 0.25) is 0 Å². The molecular weight excluding hydrogens is 450 g/mol. The molecule has 1 spiro atoms. The van der Waals surface area contributed by atoms with Gasteiger partial charge in [-0.15, -0.1) is 11.3 Å². The minimum atomic E-state index is -0.185. The summed E-state index contributed by atoms with van der Waals surface area (Å²) >= 11 is 1.51. The second-order valence-corrected chi connectivity index (χ2v) is 10.3. The van der Waals surface area contributed by atoms with Crippen LogP contribution in [0.3, 0.4) is 0 Å². The van der Waals surface area contributed by atoms with Crippen molar-refractivity contribution in [3.05, 3.63) is 113 Å². The molecule has 2 unspecified atom stereocenters. The third-order valence-corrected chi connectivity index (χ3v) is 8.20. The first-order valence-electron chi connectivity index (χ1n) is 12.2. The first kappa shape index (κ1) is 21.9. The second-order valence-electron chi connectivity index (χ2n) is 9.49. The number of hydrogen-bond donors (Lipinski definition) is 1. The van der Waals surface area contributed by atoms with E-state index in [1.807, 2.05) is 29.9 Å². The molecule has 4 aromatic rings. The van der Waals surface area contributed by atoms with Gasteiger partial charge in [0.15, 0.2) is 5.13 Å². The molecule has 2 aliphatic carbocycles. The van der Waals surface area contributed by atoms with Crippen LogP contribution in [0.4, 0.5) is 5.13 Å². The molecule has 4 nitrogen and oxygen atoms in total. The first-order valence-corrected chi connectivity index (χ1v) is 13.1. The van der Waals surface area contributed by atoms with E-state index in [1.165, 1.54) is 33.6 Å². The molecule has 2 aromatic carbocycles. The van der Waals surface area contributed by atoms with Crippen LogP contribution in [0.15, 0.2) is 90.6 Å². The first-order chi connectivity index (χ1) is 17.2. The zero-order valence-corrected chi connectivity index (χ0v) is 20.3. The largest absolute Gasteiger partial charge is 0.302 e. The third kappa shape index (κ3) is 4.21. The van der Waals surface area contributed by atoms with Crippen LogP contribution < -0.4 is 5.32 Å². The van der Waals surface area contributed by atoms with Crippen molar-refractivity contribution in [2.24, 2.45) is 5.92 Å². The van der Waals surface area contributed by atoms with Crippen molar-refractivity contribution < 1.29 is 4.79 Å². The predicted octanol–water partition coefficient (Wildman–Crippen LogP) is 6.58. The fraction of sp³-hybridized carbons (Fsp3) is 0.233. The minimum Gasteiger partial charge on any atom is -0.302 e. The smallest absolute Gasteiger partial charge is 0.230 e. The Morgan fingerprint density at radius 3 is 2.63 bits per heavy atom. The maximum Gasteiger partial charge on any atom is 0.230 e. The molecule has 6 rings (SSSR count). The molecule has 1 N–H and O–H groups in total. The number of allylic oxidation sites excluding steroid dienone is 2. The number of amides is 1. The Morgan fingerprint density at radius 1 is 1.03 bits per heavy atom. The van der Waals surface area contributed by atoms with Crippen LogP contribution in [0.1, 0.15) is 41.6 Å². The molecular formula is C30H27N3OS. The lowest BCUT2D eigenvalue weighted by Crippen LogP contribution is -2.39. The van der Waals surface area contributed by atoms with Crippen LogP contribution in [0.25, 0.3) is 11.1 Å². The lowest BCUT2D eigenvalue weighted by atomic mass is 9.68. The number of rotatable bonds is 5. The van der Waals surface area contributed by atoms with Gasteiger partial charge in [-0.1, -0.05) is 60.7 Å². The molecule has 0 bridgehead atoms. The van der Waals surface area contributed by atoms with E-state index in [9.17, 15) is 4.79 Å². The maximum atomic E-state index is 13.5. The molecule has 0 aliphatic heterocycles. The van der Waals surface area contributed by atoms with Crippen LogP contribution in [0.5, 0.6) is 0 Å². The molecule has 0 saturated heterocycles. The average Bonchev–Trinajstić information content (AvgIpc) is 3.47. The number of carbonyl (C=O) groups is 1. The van der Waals surface area contributed by atoms with E-state index in [0.29, 0.717) is 5.13 Å². The standard InChI is InChI=1S/C30H27N3OS/c34-28(27-19-24-6-2-3-7-26(24)30(27)14-4-1-5-15-30)33-29-32-25(20-35-29)18-21-8-10-22(11-9-21)23-12-16-31-17-13-23/h2-4,6-14,16-17,20,27H,1,5,15,18-19H2,(H,32,33,34). The fourth-order valence-corrected chi connectivity index (χ4v) is 6.39. The monoisotopic (exact) mass is 477 g/mol. The molecule has 0 saturated carbocycles. The van der Waals surface area contributed by atoms with Gasteiger partial charge in [0.2, 0.25) is 5.91 Å². The Hall–Kier alpha value is -3.57. The van der Waals surface area contributed by atoms with Gasteiger partial charge >= 0.3 is 0 Å². The molecule has 2 heterocycles. The molecule has 2 atom stereocenters. The summed E-state index contributed by atoms with van der Waals surface area (Å²) in [6, 6.07) is 21.1. The van der Waals surface area contributed by atoms with Crippen molar-refractivity contribution in [1.29, 1.82) is 0 Å². The number of nitrogens with one attached hydrogen (secondary N) is 1. The van der Waals surface area contributed by atoms with E-state index in [1.54, 1.807) is 0 Å². The van der Waals surface area contributed by atoms with E-state index in [-0.39, 0.29) is 17.2 Å².